The van der Waals surface area contributed by atoms with Crippen LogP contribution in [0, 0.1) is 0 Å². The highest BCUT2D eigenvalue weighted by Crippen LogP contribution is 2.27. The first-order valence-electron chi connectivity index (χ1n) is 5.79. The van der Waals surface area contributed by atoms with Gasteiger partial charge in [0.05, 0.1) is 5.52 Å². The number of carbonyl (C=O) groups is 1. The molecule has 1 aromatic heterocycles. The van der Waals surface area contributed by atoms with Gasteiger partial charge in [0.15, 0.2) is 0 Å². The van der Waals surface area contributed by atoms with E-state index in [0.29, 0.717) is 5.92 Å². The van der Waals surface area contributed by atoms with Gasteiger partial charge in [0, 0.05) is 17.7 Å². The fourth-order valence-electron chi connectivity index (χ4n) is 1.95. The topological polar surface area (TPSA) is 68.9 Å². The minimum absolute atomic E-state index is 0.349. The number of fused-ring (bicyclic) bond motifs is 1. The van der Waals surface area contributed by atoms with Crippen LogP contribution in [0.15, 0.2) is 30.7 Å². The minimum atomic E-state index is -0.460. The number of nitrogens with two attached hydrogens (primary N) is 1. The van der Waals surface area contributed by atoms with Gasteiger partial charge in [-0.1, -0.05) is 19.9 Å². The molecule has 0 aliphatic carbocycles. The van der Waals surface area contributed by atoms with E-state index in [1.165, 1.54) is 12.4 Å². The van der Waals surface area contributed by atoms with E-state index < -0.39 is 5.91 Å². The van der Waals surface area contributed by atoms with Gasteiger partial charge in [-0.15, -0.1) is 0 Å². The lowest BCUT2D eigenvalue weighted by Gasteiger charge is -2.12. The van der Waals surface area contributed by atoms with E-state index >= 15 is 0 Å². The number of nitrogens with zero attached hydrogens (tertiary/aromatic N) is 2. The third-order valence-electron chi connectivity index (χ3n) is 2.80. The second-order valence-corrected chi connectivity index (χ2v) is 4.41. The van der Waals surface area contributed by atoms with E-state index in [4.69, 9.17) is 5.73 Å². The number of hydrogen-bond donors (Lipinski definition) is 1. The molecule has 4 nitrogen and oxygen atoms in total. The Morgan fingerprint density at radius 1 is 1.39 bits per heavy atom. The molecule has 2 N–H and O–H groups in total. The van der Waals surface area contributed by atoms with Gasteiger partial charge in [-0.05, 0) is 29.2 Å². The third-order valence-corrected chi connectivity index (χ3v) is 2.80. The van der Waals surface area contributed by atoms with E-state index in [9.17, 15) is 4.79 Å². The van der Waals surface area contributed by atoms with Gasteiger partial charge in [-0.3, -0.25) is 4.79 Å². The predicted octanol–water partition coefficient (Wildman–Crippen LogP) is 2.25. The maximum absolute atomic E-state index is 10.9. The molecule has 18 heavy (non-hydrogen) atoms. The van der Waals surface area contributed by atoms with Crippen LogP contribution in [-0.2, 0) is 4.79 Å². The molecule has 92 valence electrons. The second kappa shape index (κ2) is 4.96. The Bertz CT molecular complexity index is 617. The molecule has 0 bridgehead atoms. The molecule has 0 aliphatic heterocycles. The van der Waals surface area contributed by atoms with Gasteiger partial charge in [-0.2, -0.15) is 0 Å². The van der Waals surface area contributed by atoms with Gasteiger partial charge in [0.2, 0.25) is 5.91 Å². The molecule has 0 saturated carbocycles. The van der Waals surface area contributed by atoms with E-state index in [1.807, 2.05) is 12.1 Å². The zero-order valence-electron chi connectivity index (χ0n) is 10.4. The van der Waals surface area contributed by atoms with Crippen molar-refractivity contribution < 1.29 is 4.79 Å². The first-order chi connectivity index (χ1) is 8.59. The Morgan fingerprint density at radius 3 is 2.83 bits per heavy atom. The quantitative estimate of drug-likeness (QED) is 0.838. The van der Waals surface area contributed by atoms with Crippen molar-refractivity contribution in [1.82, 2.24) is 9.97 Å². The number of primary amides is 1. The Morgan fingerprint density at radius 2 is 2.17 bits per heavy atom. The summed E-state index contributed by atoms with van der Waals surface area (Å²) in [7, 11) is 0. The minimum Gasteiger partial charge on any atom is -0.366 e. The summed E-state index contributed by atoms with van der Waals surface area (Å²) in [6.07, 6.45) is 6.38. The molecule has 4 heteroatoms. The molecule has 0 fully saturated rings. The molecule has 0 unspecified atom stereocenters. The lowest BCUT2D eigenvalue weighted by molar-refractivity contribution is -0.113. The van der Waals surface area contributed by atoms with Crippen LogP contribution in [0.25, 0.3) is 17.0 Å². The van der Waals surface area contributed by atoms with Crippen LogP contribution in [-0.4, -0.2) is 15.9 Å². The van der Waals surface area contributed by atoms with E-state index in [1.54, 1.807) is 12.3 Å². The van der Waals surface area contributed by atoms with Crippen LogP contribution < -0.4 is 5.73 Å². The van der Waals surface area contributed by atoms with Crippen LogP contribution in [0.4, 0.5) is 0 Å². The number of hydrogen-bond acceptors (Lipinski definition) is 3. The lowest BCUT2D eigenvalue weighted by Crippen LogP contribution is -2.05. The summed E-state index contributed by atoms with van der Waals surface area (Å²) in [5.74, 6) is -0.110. The van der Waals surface area contributed by atoms with Crippen molar-refractivity contribution in [2.24, 2.45) is 5.73 Å². The third kappa shape index (κ3) is 2.37. The summed E-state index contributed by atoms with van der Waals surface area (Å²) >= 11 is 0. The molecule has 0 saturated heterocycles. The maximum atomic E-state index is 10.9. The SMILES string of the molecule is CC(C)c1ccc2ncncc2c1/C=C/C(N)=O. The number of aromatic nitrogens is 2. The molecule has 0 radical (unpaired) electrons. The Labute approximate surface area is 106 Å². The zero-order valence-corrected chi connectivity index (χ0v) is 10.4. The van der Waals surface area contributed by atoms with Gasteiger partial charge < -0.3 is 5.73 Å². The molecule has 1 heterocycles. The molecular weight excluding hydrogens is 226 g/mol. The molecule has 2 rings (SSSR count). The van der Waals surface area contributed by atoms with Crippen LogP contribution in [0.3, 0.4) is 0 Å². The maximum Gasteiger partial charge on any atom is 0.241 e. The Balaban J connectivity index is 2.70. The monoisotopic (exact) mass is 241 g/mol. The van der Waals surface area contributed by atoms with Crippen molar-refractivity contribution in [3.63, 3.8) is 0 Å². The van der Waals surface area contributed by atoms with Crippen molar-refractivity contribution in [1.29, 1.82) is 0 Å². The van der Waals surface area contributed by atoms with Gasteiger partial charge in [0.25, 0.3) is 0 Å². The van der Waals surface area contributed by atoms with E-state index in [-0.39, 0.29) is 0 Å². The van der Waals surface area contributed by atoms with Crippen LogP contribution in [0.5, 0.6) is 0 Å². The van der Waals surface area contributed by atoms with Crippen molar-refractivity contribution in [2.45, 2.75) is 19.8 Å². The van der Waals surface area contributed by atoms with Crippen molar-refractivity contribution in [2.75, 3.05) is 0 Å². The fraction of sp³-hybridized carbons (Fsp3) is 0.214. The Kier molecular flexibility index (Phi) is 3.37. The average Bonchev–Trinajstić information content (AvgIpc) is 2.35. The first-order valence-corrected chi connectivity index (χ1v) is 5.79. The van der Waals surface area contributed by atoms with Gasteiger partial charge in [-0.25, -0.2) is 9.97 Å². The summed E-state index contributed by atoms with van der Waals surface area (Å²) in [5.41, 5.74) is 8.12. The van der Waals surface area contributed by atoms with Crippen LogP contribution in [0.1, 0.15) is 30.9 Å². The highest BCUT2D eigenvalue weighted by atomic mass is 16.1. The Hall–Kier alpha value is -2.23. The molecule has 0 atom stereocenters. The summed E-state index contributed by atoms with van der Waals surface area (Å²) in [4.78, 5) is 19.1. The second-order valence-electron chi connectivity index (χ2n) is 4.41. The number of rotatable bonds is 3. The molecule has 2 aromatic rings. The first kappa shape index (κ1) is 12.2. The van der Waals surface area contributed by atoms with E-state index in [2.05, 4.69) is 23.8 Å². The normalized spacial score (nSPS) is 11.5. The predicted molar refractivity (Wildman–Crippen MR) is 71.9 cm³/mol. The van der Waals surface area contributed by atoms with Crippen molar-refractivity contribution in [3.8, 4) is 0 Å². The zero-order chi connectivity index (χ0) is 13.1. The summed E-state index contributed by atoms with van der Waals surface area (Å²) in [6.45, 7) is 4.21. The lowest BCUT2D eigenvalue weighted by atomic mass is 9.94. The molecule has 1 amide bonds. The number of amides is 1. The highest BCUT2D eigenvalue weighted by Gasteiger charge is 2.09. The van der Waals surface area contributed by atoms with Crippen molar-refractivity contribution >= 4 is 22.9 Å². The fourth-order valence-corrected chi connectivity index (χ4v) is 1.95. The standard InChI is InChI=1S/C14H15N3O/c1-9(2)10-3-5-13-12(7-16-8-17-13)11(10)4-6-14(15)18/h3-9H,1-2H3,(H2,15,18)/b6-4+. The summed E-state index contributed by atoms with van der Waals surface area (Å²) in [5, 5.41) is 0.932. The van der Waals surface area contributed by atoms with Crippen LogP contribution in [0.2, 0.25) is 0 Å². The molecule has 0 aliphatic rings. The average molecular weight is 241 g/mol. The van der Waals surface area contributed by atoms with Gasteiger partial charge in [0.1, 0.15) is 6.33 Å². The highest BCUT2D eigenvalue weighted by molar-refractivity contribution is 5.95. The number of benzene rings is 1. The van der Waals surface area contributed by atoms with Gasteiger partial charge >= 0.3 is 0 Å². The van der Waals surface area contributed by atoms with E-state index in [0.717, 1.165) is 22.0 Å². The van der Waals surface area contributed by atoms with Crippen molar-refractivity contribution in [3.05, 3.63) is 41.9 Å². The molecule has 1 aromatic carbocycles. The molecule has 0 spiro atoms. The summed E-state index contributed by atoms with van der Waals surface area (Å²) in [6, 6.07) is 3.99. The molecular formula is C14H15N3O. The largest absolute Gasteiger partial charge is 0.366 e. The van der Waals surface area contributed by atoms with Crippen LogP contribution >= 0.6 is 0 Å². The number of carbonyl (C=O) groups excluding carboxylic acids is 1. The smallest absolute Gasteiger partial charge is 0.241 e. The summed E-state index contributed by atoms with van der Waals surface area (Å²) < 4.78 is 0.